The molecule has 4 nitrogen and oxygen atoms in total. The molecule has 1 amide bonds. The molecule has 0 radical (unpaired) electrons. The van der Waals surface area contributed by atoms with Crippen LogP contribution in [0.5, 0.6) is 0 Å². The summed E-state index contributed by atoms with van der Waals surface area (Å²) in [6.45, 7) is 9.83. The lowest BCUT2D eigenvalue weighted by molar-refractivity contribution is 0.130. The van der Waals surface area contributed by atoms with Crippen LogP contribution < -0.4 is 10.2 Å². The molecule has 0 unspecified atom stereocenters. The number of carbonyl (C=O) groups is 1. The molecular weight excluding hydrogens is 228 g/mol. The summed E-state index contributed by atoms with van der Waals surface area (Å²) in [5.41, 5.74) is 1.90. The Hall–Kier alpha value is -1.71. The summed E-state index contributed by atoms with van der Waals surface area (Å²) < 4.78 is 5.01. The van der Waals surface area contributed by atoms with Crippen LogP contribution in [0.1, 0.15) is 27.7 Å². The van der Waals surface area contributed by atoms with Gasteiger partial charge in [0.05, 0.1) is 6.10 Å². The first-order valence-electron chi connectivity index (χ1n) is 6.39. The normalized spacial score (nSPS) is 10.3. The zero-order valence-corrected chi connectivity index (χ0v) is 11.6. The Bertz CT molecular complexity index is 370. The molecule has 0 heterocycles. The second-order valence-corrected chi connectivity index (χ2v) is 4.30. The molecule has 0 aliphatic carbocycles. The Morgan fingerprint density at radius 2 is 1.78 bits per heavy atom. The molecule has 1 aromatic rings. The molecule has 0 spiro atoms. The molecule has 1 aromatic carbocycles. The number of rotatable bonds is 5. The smallest absolute Gasteiger partial charge is 0.411 e. The number of nitrogens with zero attached hydrogens (tertiary/aromatic N) is 1. The van der Waals surface area contributed by atoms with Crippen molar-refractivity contribution in [1.82, 2.24) is 0 Å². The molecule has 100 valence electrons. The lowest BCUT2D eigenvalue weighted by Crippen LogP contribution is -2.22. The number of anilines is 2. The zero-order valence-electron chi connectivity index (χ0n) is 11.6. The van der Waals surface area contributed by atoms with Crippen LogP contribution in [-0.4, -0.2) is 25.3 Å². The van der Waals surface area contributed by atoms with Crippen LogP contribution in [0.15, 0.2) is 24.3 Å². The Morgan fingerprint density at radius 3 is 2.22 bits per heavy atom. The van der Waals surface area contributed by atoms with E-state index in [1.807, 2.05) is 38.1 Å². The number of ether oxygens (including phenoxy) is 1. The number of hydrogen-bond acceptors (Lipinski definition) is 3. The second-order valence-electron chi connectivity index (χ2n) is 4.30. The van der Waals surface area contributed by atoms with E-state index in [1.54, 1.807) is 0 Å². The maximum atomic E-state index is 11.4. The van der Waals surface area contributed by atoms with Crippen molar-refractivity contribution in [2.75, 3.05) is 23.3 Å². The van der Waals surface area contributed by atoms with Crippen LogP contribution in [0.4, 0.5) is 16.2 Å². The highest BCUT2D eigenvalue weighted by Crippen LogP contribution is 2.17. The van der Waals surface area contributed by atoms with Crippen LogP contribution in [-0.2, 0) is 4.74 Å². The van der Waals surface area contributed by atoms with E-state index >= 15 is 0 Å². The minimum Gasteiger partial charge on any atom is -0.447 e. The van der Waals surface area contributed by atoms with Crippen molar-refractivity contribution in [1.29, 1.82) is 0 Å². The van der Waals surface area contributed by atoms with Crippen molar-refractivity contribution in [3.63, 3.8) is 0 Å². The minimum absolute atomic E-state index is 0.111. The van der Waals surface area contributed by atoms with E-state index in [2.05, 4.69) is 24.1 Å². The molecule has 0 aliphatic heterocycles. The molecule has 4 heteroatoms. The van der Waals surface area contributed by atoms with Crippen molar-refractivity contribution in [3.05, 3.63) is 24.3 Å². The molecule has 0 fully saturated rings. The first-order valence-corrected chi connectivity index (χ1v) is 6.39. The Morgan fingerprint density at radius 1 is 1.22 bits per heavy atom. The molecule has 1 N–H and O–H groups in total. The summed E-state index contributed by atoms with van der Waals surface area (Å²) in [7, 11) is 0. The van der Waals surface area contributed by atoms with E-state index in [9.17, 15) is 4.79 Å². The Labute approximate surface area is 109 Å². The van der Waals surface area contributed by atoms with Crippen LogP contribution in [0.2, 0.25) is 0 Å². The van der Waals surface area contributed by atoms with Gasteiger partial charge in [0.1, 0.15) is 0 Å². The second kappa shape index (κ2) is 6.89. The van der Waals surface area contributed by atoms with Gasteiger partial charge in [-0.05, 0) is 52.0 Å². The monoisotopic (exact) mass is 250 g/mol. The summed E-state index contributed by atoms with van der Waals surface area (Å²) in [5.74, 6) is 0. The first-order chi connectivity index (χ1) is 8.56. The molecule has 0 aromatic heterocycles. The van der Waals surface area contributed by atoms with Gasteiger partial charge in [-0.25, -0.2) is 4.79 Å². The van der Waals surface area contributed by atoms with Crippen molar-refractivity contribution in [2.24, 2.45) is 0 Å². The zero-order chi connectivity index (χ0) is 13.5. The lowest BCUT2D eigenvalue weighted by atomic mass is 10.2. The molecular formula is C14H22N2O2. The average Bonchev–Trinajstić information content (AvgIpc) is 2.31. The van der Waals surface area contributed by atoms with Crippen LogP contribution in [0.25, 0.3) is 0 Å². The predicted molar refractivity (Wildman–Crippen MR) is 75.2 cm³/mol. The minimum atomic E-state index is -0.416. The number of hydrogen-bond donors (Lipinski definition) is 1. The van der Waals surface area contributed by atoms with E-state index in [-0.39, 0.29) is 6.10 Å². The average molecular weight is 250 g/mol. The summed E-state index contributed by atoms with van der Waals surface area (Å²) in [4.78, 5) is 13.7. The summed E-state index contributed by atoms with van der Waals surface area (Å²) in [5, 5.41) is 2.70. The van der Waals surface area contributed by atoms with Gasteiger partial charge in [-0.15, -0.1) is 0 Å². The van der Waals surface area contributed by atoms with E-state index in [4.69, 9.17) is 4.74 Å². The van der Waals surface area contributed by atoms with Crippen LogP contribution in [0, 0.1) is 0 Å². The fourth-order valence-corrected chi connectivity index (χ4v) is 1.71. The highest BCUT2D eigenvalue weighted by atomic mass is 16.6. The SMILES string of the molecule is CCN(CC)c1ccc(NC(=O)OC(C)C)cc1. The third-order valence-corrected chi connectivity index (χ3v) is 2.59. The number of nitrogens with one attached hydrogen (secondary N) is 1. The standard InChI is InChI=1S/C14H22N2O2/c1-5-16(6-2)13-9-7-12(8-10-13)15-14(17)18-11(3)4/h7-11H,5-6H2,1-4H3,(H,15,17). The Kier molecular flexibility index (Phi) is 5.49. The molecule has 1 rings (SSSR count). The maximum absolute atomic E-state index is 11.4. The van der Waals surface area contributed by atoms with Gasteiger partial charge >= 0.3 is 6.09 Å². The molecule has 0 saturated carbocycles. The highest BCUT2D eigenvalue weighted by molar-refractivity contribution is 5.84. The van der Waals surface area contributed by atoms with Gasteiger partial charge in [0.2, 0.25) is 0 Å². The molecule has 18 heavy (non-hydrogen) atoms. The third-order valence-electron chi connectivity index (χ3n) is 2.59. The van der Waals surface area contributed by atoms with Gasteiger partial charge in [-0.1, -0.05) is 0 Å². The van der Waals surface area contributed by atoms with Gasteiger partial charge in [0, 0.05) is 24.5 Å². The van der Waals surface area contributed by atoms with E-state index in [1.165, 1.54) is 0 Å². The summed E-state index contributed by atoms with van der Waals surface area (Å²) in [6.07, 6.45) is -0.527. The first kappa shape index (κ1) is 14.4. The van der Waals surface area contributed by atoms with Gasteiger partial charge < -0.3 is 9.64 Å². The molecule has 0 saturated heterocycles. The lowest BCUT2D eigenvalue weighted by Gasteiger charge is -2.21. The predicted octanol–water partition coefficient (Wildman–Crippen LogP) is 3.49. The number of benzene rings is 1. The maximum Gasteiger partial charge on any atom is 0.411 e. The number of amides is 1. The van der Waals surface area contributed by atoms with Crippen LogP contribution >= 0.6 is 0 Å². The molecule has 0 aliphatic rings. The fourth-order valence-electron chi connectivity index (χ4n) is 1.71. The van der Waals surface area contributed by atoms with Gasteiger partial charge in [0.15, 0.2) is 0 Å². The Balaban J connectivity index is 2.62. The highest BCUT2D eigenvalue weighted by Gasteiger charge is 2.06. The largest absolute Gasteiger partial charge is 0.447 e. The molecule has 0 bridgehead atoms. The van der Waals surface area contributed by atoms with Crippen molar-refractivity contribution < 1.29 is 9.53 Å². The fraction of sp³-hybridized carbons (Fsp3) is 0.500. The van der Waals surface area contributed by atoms with E-state index in [0.29, 0.717) is 0 Å². The van der Waals surface area contributed by atoms with Crippen LogP contribution in [0.3, 0.4) is 0 Å². The van der Waals surface area contributed by atoms with E-state index < -0.39 is 6.09 Å². The van der Waals surface area contributed by atoms with Crippen molar-refractivity contribution in [3.8, 4) is 0 Å². The third kappa shape index (κ3) is 4.28. The van der Waals surface area contributed by atoms with Gasteiger partial charge in [-0.3, -0.25) is 5.32 Å². The van der Waals surface area contributed by atoms with E-state index in [0.717, 1.165) is 24.5 Å². The quantitative estimate of drug-likeness (QED) is 0.869. The van der Waals surface area contributed by atoms with Gasteiger partial charge in [-0.2, -0.15) is 0 Å². The van der Waals surface area contributed by atoms with Crippen molar-refractivity contribution in [2.45, 2.75) is 33.8 Å². The summed E-state index contributed by atoms with van der Waals surface area (Å²) in [6, 6.07) is 7.76. The topological polar surface area (TPSA) is 41.6 Å². The van der Waals surface area contributed by atoms with Crippen molar-refractivity contribution >= 4 is 17.5 Å². The van der Waals surface area contributed by atoms with Gasteiger partial charge in [0.25, 0.3) is 0 Å². The summed E-state index contributed by atoms with van der Waals surface area (Å²) >= 11 is 0. The molecule has 0 atom stereocenters. The number of carbonyl (C=O) groups excluding carboxylic acids is 1.